The Hall–Kier alpha value is -2.94. The molecule has 2 aromatic carbocycles. The molecule has 0 aliphatic carbocycles. The van der Waals surface area contributed by atoms with E-state index in [1.807, 2.05) is 18.2 Å². The molecule has 0 bridgehead atoms. The van der Waals surface area contributed by atoms with Crippen LogP contribution in [0.15, 0.2) is 71.8 Å². The number of amides is 1. The summed E-state index contributed by atoms with van der Waals surface area (Å²) in [6.07, 6.45) is 4.04. The van der Waals surface area contributed by atoms with Crippen LogP contribution in [0.2, 0.25) is 5.15 Å². The van der Waals surface area contributed by atoms with Gasteiger partial charge in [-0.15, -0.1) is 0 Å². The minimum Gasteiger partial charge on any atom is -0.455 e. The summed E-state index contributed by atoms with van der Waals surface area (Å²) in [6, 6.07) is 16.6. The second-order valence-electron chi connectivity index (χ2n) is 7.36. The number of benzene rings is 2. The average Bonchev–Trinajstić information content (AvgIpc) is 2.82. The summed E-state index contributed by atoms with van der Waals surface area (Å²) in [6.45, 7) is 0.978. The predicted octanol–water partition coefficient (Wildman–Crippen LogP) is 4.95. The van der Waals surface area contributed by atoms with Gasteiger partial charge in [-0.3, -0.25) is 4.79 Å². The maximum absolute atomic E-state index is 13.2. The molecule has 4 rings (SSSR count). The minimum absolute atomic E-state index is 0.101. The van der Waals surface area contributed by atoms with Crippen molar-refractivity contribution in [2.24, 2.45) is 0 Å². The molecule has 2 heterocycles. The Balaban J connectivity index is 1.68. The summed E-state index contributed by atoms with van der Waals surface area (Å²) in [7, 11) is -3.68. The molecular weight excluding hydrogens is 450 g/mol. The van der Waals surface area contributed by atoms with E-state index in [1.54, 1.807) is 18.2 Å². The zero-order valence-electron chi connectivity index (χ0n) is 17.2. The summed E-state index contributed by atoms with van der Waals surface area (Å²) < 4.78 is 33.7. The first-order valence-corrected chi connectivity index (χ1v) is 12.1. The topological polar surface area (TPSA) is 88.6 Å². The molecule has 32 heavy (non-hydrogen) atoms. The van der Waals surface area contributed by atoms with Crippen LogP contribution < -0.4 is 10.1 Å². The molecular formula is C23H22ClN3O4S. The van der Waals surface area contributed by atoms with Gasteiger partial charge in [-0.1, -0.05) is 36.2 Å². The molecule has 1 aliphatic heterocycles. The van der Waals surface area contributed by atoms with Crippen LogP contribution in [0.4, 0.5) is 5.69 Å². The summed E-state index contributed by atoms with van der Waals surface area (Å²) in [4.78, 5) is 16.8. The lowest BCUT2D eigenvalue weighted by Gasteiger charge is -2.26. The van der Waals surface area contributed by atoms with E-state index in [2.05, 4.69) is 10.3 Å². The third kappa shape index (κ3) is 5.09. The lowest BCUT2D eigenvalue weighted by Crippen LogP contribution is -2.35. The van der Waals surface area contributed by atoms with Crippen molar-refractivity contribution in [2.75, 3.05) is 18.4 Å². The fourth-order valence-electron chi connectivity index (χ4n) is 3.43. The van der Waals surface area contributed by atoms with Gasteiger partial charge in [-0.2, -0.15) is 4.31 Å². The third-order valence-electron chi connectivity index (χ3n) is 5.11. The number of nitrogens with one attached hydrogen (secondary N) is 1. The zero-order chi connectivity index (χ0) is 22.6. The van der Waals surface area contributed by atoms with Gasteiger partial charge in [0.2, 0.25) is 10.0 Å². The van der Waals surface area contributed by atoms with E-state index in [-0.39, 0.29) is 21.3 Å². The van der Waals surface area contributed by atoms with Crippen LogP contribution in [0.5, 0.6) is 11.5 Å². The zero-order valence-corrected chi connectivity index (χ0v) is 18.8. The number of pyridine rings is 1. The number of hydrogen-bond donors (Lipinski definition) is 1. The van der Waals surface area contributed by atoms with Gasteiger partial charge in [0, 0.05) is 19.3 Å². The summed E-state index contributed by atoms with van der Waals surface area (Å²) in [5, 5.41) is 3.02. The van der Waals surface area contributed by atoms with Crippen LogP contribution in [0.3, 0.4) is 0 Å². The van der Waals surface area contributed by atoms with Gasteiger partial charge in [-0.25, -0.2) is 13.4 Å². The van der Waals surface area contributed by atoms with Gasteiger partial charge in [0.15, 0.2) is 5.75 Å². The molecule has 9 heteroatoms. The predicted molar refractivity (Wildman–Crippen MR) is 123 cm³/mol. The second-order valence-corrected chi connectivity index (χ2v) is 9.69. The number of hydrogen-bond acceptors (Lipinski definition) is 5. The Morgan fingerprint density at radius 1 is 1.00 bits per heavy atom. The van der Waals surface area contributed by atoms with Crippen LogP contribution in [-0.2, 0) is 10.0 Å². The number of piperidine rings is 1. The molecule has 0 radical (unpaired) electrons. The molecule has 3 aromatic rings. The van der Waals surface area contributed by atoms with E-state index in [4.69, 9.17) is 16.3 Å². The Kier molecular flexibility index (Phi) is 6.74. The van der Waals surface area contributed by atoms with Gasteiger partial charge < -0.3 is 10.1 Å². The van der Waals surface area contributed by atoms with E-state index in [0.717, 1.165) is 19.3 Å². The van der Waals surface area contributed by atoms with Crippen LogP contribution in [0.25, 0.3) is 0 Å². The fourth-order valence-corrected chi connectivity index (χ4v) is 5.09. The second kappa shape index (κ2) is 9.68. The monoisotopic (exact) mass is 471 g/mol. The maximum atomic E-state index is 13.2. The molecule has 1 amide bonds. The molecule has 0 spiro atoms. The van der Waals surface area contributed by atoms with Crippen LogP contribution in [0, 0.1) is 0 Å². The van der Waals surface area contributed by atoms with Crippen molar-refractivity contribution < 1.29 is 17.9 Å². The number of aromatic nitrogens is 1. The SMILES string of the molecule is O=C(Nc1cc(S(=O)(=O)N2CCCCC2)ccc1Oc1ccccc1)c1ccc(Cl)nc1. The van der Waals surface area contributed by atoms with Gasteiger partial charge in [-0.05, 0) is 55.3 Å². The molecule has 166 valence electrons. The molecule has 1 aliphatic rings. The molecule has 1 aromatic heterocycles. The number of carbonyl (C=O) groups is 1. The molecule has 1 fully saturated rings. The number of para-hydroxylation sites is 1. The van der Waals surface area contributed by atoms with Crippen LogP contribution in [0.1, 0.15) is 29.6 Å². The Morgan fingerprint density at radius 2 is 1.75 bits per heavy atom. The van der Waals surface area contributed by atoms with Crippen molar-refractivity contribution in [1.82, 2.24) is 9.29 Å². The summed E-state index contributed by atoms with van der Waals surface area (Å²) in [5.41, 5.74) is 0.524. The molecule has 1 N–H and O–H groups in total. The van der Waals surface area contributed by atoms with Crippen molar-refractivity contribution in [2.45, 2.75) is 24.2 Å². The number of sulfonamides is 1. The van der Waals surface area contributed by atoms with Crippen LogP contribution in [-0.4, -0.2) is 36.7 Å². The number of rotatable bonds is 6. The highest BCUT2D eigenvalue weighted by atomic mass is 35.5. The highest BCUT2D eigenvalue weighted by Crippen LogP contribution is 2.33. The molecule has 0 saturated carbocycles. The lowest BCUT2D eigenvalue weighted by atomic mass is 10.2. The van der Waals surface area contributed by atoms with Gasteiger partial charge in [0.25, 0.3) is 5.91 Å². The largest absolute Gasteiger partial charge is 0.455 e. The van der Waals surface area contributed by atoms with Crippen molar-refractivity contribution >= 4 is 33.2 Å². The van der Waals surface area contributed by atoms with E-state index in [0.29, 0.717) is 24.6 Å². The highest BCUT2D eigenvalue weighted by molar-refractivity contribution is 7.89. The summed E-state index contributed by atoms with van der Waals surface area (Å²) in [5.74, 6) is 0.423. The molecule has 0 atom stereocenters. The highest BCUT2D eigenvalue weighted by Gasteiger charge is 2.27. The van der Waals surface area contributed by atoms with E-state index in [9.17, 15) is 13.2 Å². The normalized spacial score (nSPS) is 14.7. The average molecular weight is 472 g/mol. The molecule has 7 nitrogen and oxygen atoms in total. The molecule has 1 saturated heterocycles. The maximum Gasteiger partial charge on any atom is 0.257 e. The first-order chi connectivity index (χ1) is 15.4. The number of anilines is 1. The Morgan fingerprint density at radius 3 is 2.44 bits per heavy atom. The Bertz CT molecular complexity index is 1200. The van der Waals surface area contributed by atoms with Crippen molar-refractivity contribution in [1.29, 1.82) is 0 Å². The first kappa shape index (κ1) is 22.3. The van der Waals surface area contributed by atoms with Gasteiger partial charge in [0.05, 0.1) is 16.1 Å². The Labute approximate surface area is 192 Å². The molecule has 0 unspecified atom stereocenters. The first-order valence-electron chi connectivity index (χ1n) is 10.2. The van der Waals surface area contributed by atoms with Crippen molar-refractivity contribution in [3.05, 3.63) is 77.6 Å². The van der Waals surface area contributed by atoms with E-state index < -0.39 is 15.9 Å². The number of ether oxygens (including phenoxy) is 1. The van der Waals surface area contributed by atoms with E-state index in [1.165, 1.54) is 34.8 Å². The van der Waals surface area contributed by atoms with Crippen molar-refractivity contribution in [3.63, 3.8) is 0 Å². The number of halogens is 1. The smallest absolute Gasteiger partial charge is 0.257 e. The van der Waals surface area contributed by atoms with E-state index >= 15 is 0 Å². The van der Waals surface area contributed by atoms with Gasteiger partial charge >= 0.3 is 0 Å². The fraction of sp³-hybridized carbons (Fsp3) is 0.217. The van der Waals surface area contributed by atoms with Crippen molar-refractivity contribution in [3.8, 4) is 11.5 Å². The van der Waals surface area contributed by atoms with Crippen LogP contribution >= 0.6 is 11.6 Å². The third-order valence-corrected chi connectivity index (χ3v) is 7.23. The van der Waals surface area contributed by atoms with Gasteiger partial charge in [0.1, 0.15) is 10.9 Å². The summed E-state index contributed by atoms with van der Waals surface area (Å²) >= 11 is 5.80. The number of carbonyl (C=O) groups excluding carboxylic acids is 1. The number of nitrogens with zero attached hydrogens (tertiary/aromatic N) is 2. The lowest BCUT2D eigenvalue weighted by molar-refractivity contribution is 0.102. The quantitative estimate of drug-likeness (QED) is 0.513. The minimum atomic E-state index is -3.68. The standard InChI is InChI=1S/C23H22ClN3O4S/c24-22-12-9-17(16-25-22)23(28)26-20-15-19(32(29,30)27-13-5-2-6-14-27)10-11-21(20)31-18-7-3-1-4-8-18/h1,3-4,7-12,15-16H,2,5-6,13-14H2,(H,26,28).